The summed E-state index contributed by atoms with van der Waals surface area (Å²) in [5, 5.41) is 0. The van der Waals surface area contributed by atoms with Crippen LogP contribution in [-0.2, 0) is 0 Å². The van der Waals surface area contributed by atoms with Gasteiger partial charge in [-0.1, -0.05) is 89.2 Å². The van der Waals surface area contributed by atoms with Gasteiger partial charge in [0.15, 0.2) is 0 Å². The molecule has 186 valence electrons. The van der Waals surface area contributed by atoms with E-state index in [2.05, 4.69) is 66.5 Å². The van der Waals surface area contributed by atoms with Crippen molar-refractivity contribution >= 4 is 0 Å². The molecule has 0 atom stereocenters. The fraction of sp³-hybridized carbons (Fsp3) is 0.536. The molecule has 0 N–H and O–H groups in total. The highest BCUT2D eigenvalue weighted by atomic mass is 14.9. The van der Waals surface area contributed by atoms with Crippen molar-refractivity contribution < 1.29 is 0 Å². The fourth-order valence-corrected chi connectivity index (χ4v) is 1.94. The van der Waals surface area contributed by atoms with Crippen molar-refractivity contribution in [3.63, 3.8) is 0 Å². The van der Waals surface area contributed by atoms with Crippen LogP contribution in [0.15, 0.2) is 61.4 Å². The third kappa shape index (κ3) is 19.7. The number of hydrogen-bond acceptors (Lipinski definition) is 5. The molecule has 3 aromatic heterocycles. The highest BCUT2D eigenvalue weighted by Crippen LogP contribution is 2.08. The molecule has 0 unspecified atom stereocenters. The van der Waals surface area contributed by atoms with Gasteiger partial charge in [0.2, 0.25) is 0 Å². The van der Waals surface area contributed by atoms with Crippen LogP contribution in [0.3, 0.4) is 0 Å². The van der Waals surface area contributed by atoms with Crippen LogP contribution in [0, 0.1) is 0 Å². The monoisotopic (exact) mass is 455 g/mol. The van der Waals surface area contributed by atoms with Gasteiger partial charge < -0.3 is 0 Å². The van der Waals surface area contributed by atoms with Crippen LogP contribution in [0.25, 0.3) is 0 Å². The molecule has 0 amide bonds. The summed E-state index contributed by atoms with van der Waals surface area (Å²) in [6, 6.07) is 7.82. The SMILES string of the molecule is CC.CC.CC.CC(C)c1ccccn1.CC(C)c1cnccn1.CC(C)c1ncccn1. The first-order chi connectivity index (χ1) is 15.9. The maximum Gasteiger partial charge on any atom is 0.130 e. The van der Waals surface area contributed by atoms with Gasteiger partial charge in [-0.15, -0.1) is 0 Å². The predicted molar refractivity (Wildman–Crippen MR) is 145 cm³/mol. The Labute approximate surface area is 204 Å². The van der Waals surface area contributed by atoms with Gasteiger partial charge in [0.25, 0.3) is 0 Å². The summed E-state index contributed by atoms with van der Waals surface area (Å²) in [6.45, 7) is 24.6. The van der Waals surface area contributed by atoms with E-state index in [4.69, 9.17) is 0 Å². The zero-order valence-corrected chi connectivity index (χ0v) is 23.2. The van der Waals surface area contributed by atoms with Gasteiger partial charge in [-0.25, -0.2) is 9.97 Å². The van der Waals surface area contributed by atoms with E-state index >= 15 is 0 Å². The first-order valence-corrected chi connectivity index (χ1v) is 12.4. The van der Waals surface area contributed by atoms with Gasteiger partial charge in [0, 0.05) is 48.8 Å². The van der Waals surface area contributed by atoms with Crippen molar-refractivity contribution in [3.8, 4) is 0 Å². The Morgan fingerprint density at radius 3 is 1.24 bits per heavy atom. The van der Waals surface area contributed by atoms with E-state index in [0.717, 1.165) is 17.2 Å². The van der Waals surface area contributed by atoms with Crippen LogP contribution in [-0.4, -0.2) is 24.9 Å². The molecule has 0 spiro atoms. The smallest absolute Gasteiger partial charge is 0.130 e. The number of rotatable bonds is 3. The summed E-state index contributed by atoms with van der Waals surface area (Å²) >= 11 is 0. The molecule has 0 aliphatic carbocycles. The van der Waals surface area contributed by atoms with E-state index in [1.54, 1.807) is 31.0 Å². The minimum absolute atomic E-state index is 0.436. The van der Waals surface area contributed by atoms with E-state index in [1.807, 2.05) is 72.0 Å². The molecule has 3 aromatic rings. The van der Waals surface area contributed by atoms with Crippen molar-refractivity contribution in [1.29, 1.82) is 0 Å². The zero-order chi connectivity index (χ0) is 26.1. The second-order valence-electron chi connectivity index (χ2n) is 6.96. The lowest BCUT2D eigenvalue weighted by atomic mass is 10.1. The number of aromatic nitrogens is 5. The van der Waals surface area contributed by atoms with Gasteiger partial charge in [0.05, 0.1) is 5.69 Å². The molecule has 0 saturated carbocycles. The predicted octanol–water partition coefficient (Wildman–Crippen LogP) is 8.48. The average Bonchev–Trinajstić information content (AvgIpc) is 2.90. The summed E-state index contributed by atoms with van der Waals surface area (Å²) in [4.78, 5) is 20.4. The van der Waals surface area contributed by atoms with Crippen molar-refractivity contribution in [2.24, 2.45) is 0 Å². The van der Waals surface area contributed by atoms with Gasteiger partial charge >= 0.3 is 0 Å². The molecule has 0 radical (unpaired) electrons. The highest BCUT2D eigenvalue weighted by molar-refractivity contribution is 5.06. The average molecular weight is 456 g/mol. The minimum atomic E-state index is 0.436. The van der Waals surface area contributed by atoms with E-state index in [0.29, 0.717) is 17.8 Å². The standard InChI is InChI=1S/C8H11N.2C7H10N2.3C2H6/c1-7(2)8-5-3-4-6-9-8;1-6(2)7-5-8-3-4-9-7;1-6(2)7-8-4-3-5-9-7;3*1-2/h3-7H,1-2H3;2*3-6H,1-2H3;3*1-2H3. The van der Waals surface area contributed by atoms with Gasteiger partial charge in [-0.2, -0.15) is 0 Å². The Hall–Kier alpha value is -2.69. The van der Waals surface area contributed by atoms with Crippen LogP contribution < -0.4 is 0 Å². The van der Waals surface area contributed by atoms with E-state index in [-0.39, 0.29) is 0 Å². The van der Waals surface area contributed by atoms with Gasteiger partial charge in [0.1, 0.15) is 5.82 Å². The number of nitrogens with zero attached hydrogens (tertiary/aromatic N) is 5. The molecule has 0 aliphatic heterocycles. The van der Waals surface area contributed by atoms with E-state index in [9.17, 15) is 0 Å². The zero-order valence-electron chi connectivity index (χ0n) is 23.2. The van der Waals surface area contributed by atoms with E-state index in [1.165, 1.54) is 0 Å². The molecule has 33 heavy (non-hydrogen) atoms. The molecule has 0 saturated heterocycles. The Kier molecular flexibility index (Phi) is 27.1. The van der Waals surface area contributed by atoms with Crippen LogP contribution in [0.5, 0.6) is 0 Å². The van der Waals surface area contributed by atoms with Crippen LogP contribution in [0.1, 0.15) is 118 Å². The van der Waals surface area contributed by atoms with Crippen molar-refractivity contribution in [1.82, 2.24) is 24.9 Å². The van der Waals surface area contributed by atoms with Crippen molar-refractivity contribution in [2.75, 3.05) is 0 Å². The molecule has 5 heteroatoms. The topological polar surface area (TPSA) is 64.5 Å². The Balaban J connectivity index is -0.000000367. The van der Waals surface area contributed by atoms with Crippen LogP contribution in [0.2, 0.25) is 0 Å². The first kappa shape index (κ1) is 34.9. The molecule has 5 nitrogen and oxygen atoms in total. The third-order valence-corrected chi connectivity index (χ3v) is 3.56. The molecule has 3 heterocycles. The summed E-state index contributed by atoms with van der Waals surface area (Å²) in [5.74, 6) is 2.38. The molecule has 0 fully saturated rings. The Morgan fingerprint density at radius 2 is 0.970 bits per heavy atom. The second-order valence-corrected chi connectivity index (χ2v) is 6.96. The summed E-state index contributed by atoms with van der Waals surface area (Å²) in [5.41, 5.74) is 2.22. The lowest BCUT2D eigenvalue weighted by Crippen LogP contribution is -1.93. The first-order valence-electron chi connectivity index (χ1n) is 12.4. The van der Waals surface area contributed by atoms with Crippen LogP contribution >= 0.6 is 0 Å². The largest absolute Gasteiger partial charge is 0.261 e. The summed E-state index contributed by atoms with van der Waals surface area (Å²) in [7, 11) is 0. The van der Waals surface area contributed by atoms with Crippen molar-refractivity contribution in [3.05, 3.63) is 78.7 Å². The molecular formula is C28H49N5. The molecule has 0 aliphatic rings. The van der Waals surface area contributed by atoms with Gasteiger partial charge in [-0.3, -0.25) is 15.0 Å². The molecule has 0 aromatic carbocycles. The highest BCUT2D eigenvalue weighted by Gasteiger charge is 1.98. The third-order valence-electron chi connectivity index (χ3n) is 3.56. The second kappa shape index (κ2) is 25.6. The maximum absolute atomic E-state index is 4.18. The van der Waals surface area contributed by atoms with Crippen molar-refractivity contribution in [2.45, 2.75) is 101 Å². The summed E-state index contributed by atoms with van der Waals surface area (Å²) in [6.07, 6.45) is 10.6. The maximum atomic E-state index is 4.18. The quantitative estimate of drug-likeness (QED) is 0.396. The lowest BCUT2D eigenvalue weighted by molar-refractivity contribution is 0.774. The number of pyridine rings is 1. The summed E-state index contributed by atoms with van der Waals surface area (Å²) < 4.78 is 0. The lowest BCUT2D eigenvalue weighted by Gasteiger charge is -2.00. The normalized spacial score (nSPS) is 8.82. The van der Waals surface area contributed by atoms with E-state index < -0.39 is 0 Å². The minimum Gasteiger partial charge on any atom is -0.261 e. The molecule has 0 bridgehead atoms. The molecule has 3 rings (SSSR count). The number of hydrogen-bond donors (Lipinski definition) is 0. The van der Waals surface area contributed by atoms with Crippen LogP contribution in [0.4, 0.5) is 0 Å². The Bertz CT molecular complexity index is 612. The Morgan fingerprint density at radius 1 is 0.485 bits per heavy atom. The fourth-order valence-electron chi connectivity index (χ4n) is 1.94. The molecular weight excluding hydrogens is 406 g/mol. The van der Waals surface area contributed by atoms with Gasteiger partial charge in [-0.05, 0) is 30.0 Å².